The summed E-state index contributed by atoms with van der Waals surface area (Å²) < 4.78 is 1.85. The van der Waals surface area contributed by atoms with Crippen LogP contribution < -0.4 is 5.32 Å². The van der Waals surface area contributed by atoms with E-state index >= 15 is 0 Å². The fraction of sp³-hybridized carbons (Fsp3) is 0.267. The SMILES string of the molecule is Cn1ccnc1CN1C(=O)CNC(=O)C1c1ccccc1. The van der Waals surface area contributed by atoms with Gasteiger partial charge in [-0.25, -0.2) is 4.98 Å². The highest BCUT2D eigenvalue weighted by Crippen LogP contribution is 2.25. The minimum absolute atomic E-state index is 0.0343. The average Bonchev–Trinajstić information content (AvgIpc) is 2.89. The molecule has 1 aromatic carbocycles. The minimum Gasteiger partial charge on any atom is -0.345 e. The number of benzene rings is 1. The molecule has 0 saturated carbocycles. The van der Waals surface area contributed by atoms with Crippen molar-refractivity contribution >= 4 is 11.8 Å². The molecule has 0 radical (unpaired) electrons. The van der Waals surface area contributed by atoms with Crippen LogP contribution in [0.25, 0.3) is 0 Å². The molecule has 1 aliphatic heterocycles. The second-order valence-electron chi connectivity index (χ2n) is 5.01. The van der Waals surface area contributed by atoms with E-state index < -0.39 is 6.04 Å². The fourth-order valence-electron chi connectivity index (χ4n) is 2.49. The topological polar surface area (TPSA) is 67.2 Å². The first-order valence-corrected chi connectivity index (χ1v) is 6.75. The molecule has 0 spiro atoms. The Morgan fingerprint density at radius 1 is 1.29 bits per heavy atom. The van der Waals surface area contributed by atoms with E-state index in [1.54, 1.807) is 11.1 Å². The van der Waals surface area contributed by atoms with Crippen LogP contribution in [0.2, 0.25) is 0 Å². The monoisotopic (exact) mass is 284 g/mol. The Morgan fingerprint density at radius 2 is 2.05 bits per heavy atom. The van der Waals surface area contributed by atoms with Gasteiger partial charge in [-0.1, -0.05) is 30.3 Å². The van der Waals surface area contributed by atoms with Gasteiger partial charge in [-0.05, 0) is 5.56 Å². The fourth-order valence-corrected chi connectivity index (χ4v) is 2.49. The van der Waals surface area contributed by atoms with Gasteiger partial charge in [0.25, 0.3) is 0 Å². The van der Waals surface area contributed by atoms with Gasteiger partial charge in [0.1, 0.15) is 11.9 Å². The van der Waals surface area contributed by atoms with Crippen molar-refractivity contribution < 1.29 is 9.59 Å². The number of nitrogens with one attached hydrogen (secondary N) is 1. The average molecular weight is 284 g/mol. The molecule has 1 unspecified atom stereocenters. The van der Waals surface area contributed by atoms with Gasteiger partial charge in [0.15, 0.2) is 0 Å². The molecular weight excluding hydrogens is 268 g/mol. The number of aryl methyl sites for hydroxylation is 1. The lowest BCUT2D eigenvalue weighted by Gasteiger charge is -2.34. The summed E-state index contributed by atoms with van der Waals surface area (Å²) in [5.41, 5.74) is 0.803. The van der Waals surface area contributed by atoms with E-state index in [-0.39, 0.29) is 18.4 Å². The van der Waals surface area contributed by atoms with Gasteiger partial charge in [0.05, 0.1) is 13.1 Å². The molecule has 6 heteroatoms. The van der Waals surface area contributed by atoms with Crippen molar-refractivity contribution in [1.29, 1.82) is 0 Å². The normalized spacial score (nSPS) is 18.7. The number of nitrogens with zero attached hydrogens (tertiary/aromatic N) is 3. The number of hydrogen-bond donors (Lipinski definition) is 1. The minimum atomic E-state index is -0.607. The number of amides is 2. The zero-order chi connectivity index (χ0) is 14.8. The molecule has 1 aliphatic rings. The van der Waals surface area contributed by atoms with Crippen molar-refractivity contribution in [2.75, 3.05) is 6.54 Å². The largest absolute Gasteiger partial charge is 0.345 e. The van der Waals surface area contributed by atoms with Gasteiger partial charge in [0, 0.05) is 19.4 Å². The molecule has 3 rings (SSSR count). The lowest BCUT2D eigenvalue weighted by atomic mass is 10.0. The molecule has 0 aliphatic carbocycles. The maximum absolute atomic E-state index is 12.2. The molecule has 1 fully saturated rings. The smallest absolute Gasteiger partial charge is 0.247 e. The number of piperazine rings is 1. The summed E-state index contributed by atoms with van der Waals surface area (Å²) in [6.45, 7) is 0.349. The highest BCUT2D eigenvalue weighted by Gasteiger charge is 2.36. The lowest BCUT2D eigenvalue weighted by molar-refractivity contribution is -0.146. The predicted octanol–water partition coefficient (Wildman–Crippen LogP) is 0.620. The van der Waals surface area contributed by atoms with Crippen molar-refractivity contribution in [3.05, 3.63) is 54.1 Å². The molecule has 1 aromatic heterocycles. The van der Waals surface area contributed by atoms with Crippen LogP contribution in [0, 0.1) is 0 Å². The number of carbonyl (C=O) groups excluding carboxylic acids is 2. The van der Waals surface area contributed by atoms with Gasteiger partial charge in [-0.3, -0.25) is 9.59 Å². The zero-order valence-corrected chi connectivity index (χ0v) is 11.7. The molecule has 21 heavy (non-hydrogen) atoms. The maximum atomic E-state index is 12.2. The Kier molecular flexibility index (Phi) is 3.43. The molecule has 6 nitrogen and oxygen atoms in total. The Labute approximate surface area is 122 Å². The van der Waals surface area contributed by atoms with Crippen molar-refractivity contribution in [3.8, 4) is 0 Å². The van der Waals surface area contributed by atoms with E-state index in [9.17, 15) is 9.59 Å². The zero-order valence-electron chi connectivity index (χ0n) is 11.7. The van der Waals surface area contributed by atoms with Gasteiger partial charge >= 0.3 is 0 Å². The maximum Gasteiger partial charge on any atom is 0.247 e. The lowest BCUT2D eigenvalue weighted by Crippen LogP contribution is -2.53. The van der Waals surface area contributed by atoms with E-state index in [2.05, 4.69) is 10.3 Å². The third kappa shape index (κ3) is 2.52. The van der Waals surface area contributed by atoms with Crippen LogP contribution >= 0.6 is 0 Å². The van der Waals surface area contributed by atoms with Gasteiger partial charge in [0.2, 0.25) is 11.8 Å². The third-order valence-corrected chi connectivity index (χ3v) is 3.64. The Bertz CT molecular complexity index is 665. The molecule has 1 saturated heterocycles. The number of carbonyl (C=O) groups is 2. The summed E-state index contributed by atoms with van der Waals surface area (Å²) in [6, 6.07) is 8.71. The Hall–Kier alpha value is -2.63. The standard InChI is InChI=1S/C15H16N4O2/c1-18-8-7-16-12(18)10-19-13(20)9-17-15(21)14(19)11-5-3-2-4-6-11/h2-8,14H,9-10H2,1H3,(H,17,21). The molecule has 0 bridgehead atoms. The number of hydrogen-bond acceptors (Lipinski definition) is 3. The molecule has 1 N–H and O–H groups in total. The summed E-state index contributed by atoms with van der Waals surface area (Å²) in [6.07, 6.45) is 3.50. The second kappa shape index (κ2) is 5.40. The number of imidazole rings is 1. The van der Waals surface area contributed by atoms with Gasteiger partial charge in [-0.15, -0.1) is 0 Å². The van der Waals surface area contributed by atoms with Crippen LogP contribution in [0.3, 0.4) is 0 Å². The second-order valence-corrected chi connectivity index (χ2v) is 5.01. The van der Waals surface area contributed by atoms with Crippen LogP contribution in [0.5, 0.6) is 0 Å². The first kappa shape index (κ1) is 13.4. The van der Waals surface area contributed by atoms with Crippen molar-refractivity contribution in [1.82, 2.24) is 19.8 Å². The van der Waals surface area contributed by atoms with Crippen molar-refractivity contribution in [2.45, 2.75) is 12.6 Å². The molecule has 1 atom stereocenters. The molecule has 2 aromatic rings. The summed E-state index contributed by atoms with van der Waals surface area (Å²) >= 11 is 0. The number of rotatable bonds is 3. The molecule has 2 heterocycles. The number of aromatic nitrogens is 2. The summed E-state index contributed by atoms with van der Waals surface area (Å²) in [4.78, 5) is 30.3. The van der Waals surface area contributed by atoms with Crippen LogP contribution in [0.1, 0.15) is 17.4 Å². The van der Waals surface area contributed by atoms with Gasteiger partial charge < -0.3 is 14.8 Å². The first-order chi connectivity index (χ1) is 10.2. The van der Waals surface area contributed by atoms with Crippen LogP contribution in [0.15, 0.2) is 42.7 Å². The predicted molar refractivity (Wildman–Crippen MR) is 76.0 cm³/mol. The summed E-state index contributed by atoms with van der Waals surface area (Å²) in [7, 11) is 1.87. The Balaban J connectivity index is 1.95. The van der Waals surface area contributed by atoms with E-state index in [1.807, 2.05) is 48.1 Å². The van der Waals surface area contributed by atoms with Crippen molar-refractivity contribution in [3.63, 3.8) is 0 Å². The van der Waals surface area contributed by atoms with Crippen LogP contribution in [-0.4, -0.2) is 32.8 Å². The quantitative estimate of drug-likeness (QED) is 0.898. The summed E-state index contributed by atoms with van der Waals surface area (Å²) in [5.74, 6) is 0.487. The summed E-state index contributed by atoms with van der Waals surface area (Å²) in [5, 5.41) is 2.65. The van der Waals surface area contributed by atoms with Gasteiger partial charge in [-0.2, -0.15) is 0 Å². The van der Waals surface area contributed by atoms with Crippen LogP contribution in [-0.2, 0) is 23.2 Å². The van der Waals surface area contributed by atoms with E-state index in [0.29, 0.717) is 6.54 Å². The van der Waals surface area contributed by atoms with E-state index in [1.165, 1.54) is 0 Å². The van der Waals surface area contributed by atoms with Crippen molar-refractivity contribution in [2.24, 2.45) is 7.05 Å². The van der Waals surface area contributed by atoms with E-state index in [4.69, 9.17) is 0 Å². The molecule has 2 amide bonds. The van der Waals surface area contributed by atoms with Crippen LogP contribution in [0.4, 0.5) is 0 Å². The highest BCUT2D eigenvalue weighted by atomic mass is 16.2. The first-order valence-electron chi connectivity index (χ1n) is 6.75. The molecular formula is C15H16N4O2. The third-order valence-electron chi connectivity index (χ3n) is 3.64. The Morgan fingerprint density at radius 3 is 2.71 bits per heavy atom. The molecule has 108 valence electrons. The highest BCUT2D eigenvalue weighted by molar-refractivity contribution is 5.95. The van der Waals surface area contributed by atoms with E-state index in [0.717, 1.165) is 11.4 Å².